The molecule has 3 aromatic rings. The third-order valence-electron chi connectivity index (χ3n) is 3.28. The first-order valence-electron chi connectivity index (χ1n) is 6.97. The van der Waals surface area contributed by atoms with Crippen molar-refractivity contribution in [3.05, 3.63) is 47.7 Å². The monoisotopic (exact) mass is 307 g/mol. The minimum atomic E-state index is -0.567. The van der Waals surface area contributed by atoms with Gasteiger partial charge in [-0.25, -0.2) is 14.5 Å². The molecule has 0 saturated carbocycles. The van der Waals surface area contributed by atoms with Crippen molar-refractivity contribution in [3.63, 3.8) is 0 Å². The summed E-state index contributed by atoms with van der Waals surface area (Å²) in [5.74, 6) is -0.477. The molecule has 0 bridgehead atoms. The average Bonchev–Trinajstić information content (AvgIpc) is 2.93. The smallest absolute Gasteiger partial charge is 0.359 e. The molecular weight excluding hydrogens is 294 g/mol. The van der Waals surface area contributed by atoms with E-state index in [0.717, 1.165) is 5.69 Å². The highest BCUT2D eigenvalue weighted by molar-refractivity contribution is 6.02. The van der Waals surface area contributed by atoms with Gasteiger partial charge in [0.15, 0.2) is 11.3 Å². The molecular formula is C16H13N5O2. The predicted molar refractivity (Wildman–Crippen MR) is 83.9 cm³/mol. The summed E-state index contributed by atoms with van der Waals surface area (Å²) in [6, 6.07) is 12.7. The van der Waals surface area contributed by atoms with Gasteiger partial charge in [0.1, 0.15) is 11.9 Å². The maximum absolute atomic E-state index is 12.1. The van der Waals surface area contributed by atoms with Gasteiger partial charge < -0.3 is 10.5 Å². The molecule has 0 spiro atoms. The summed E-state index contributed by atoms with van der Waals surface area (Å²) in [6.45, 7) is 1.94. The number of ether oxygens (including phenoxy) is 1. The minimum Gasteiger partial charge on any atom is -0.461 e. The SMILES string of the molecule is CCOC(=O)c1nn(-c2ccccc2)c2nc(N)c(C#N)cc12. The first kappa shape index (κ1) is 14.5. The van der Waals surface area contributed by atoms with Crippen molar-refractivity contribution in [2.24, 2.45) is 0 Å². The van der Waals surface area contributed by atoms with Crippen LogP contribution in [0.25, 0.3) is 16.7 Å². The van der Waals surface area contributed by atoms with Gasteiger partial charge >= 0.3 is 5.97 Å². The van der Waals surface area contributed by atoms with Gasteiger partial charge in [0.25, 0.3) is 0 Å². The van der Waals surface area contributed by atoms with Crippen LogP contribution in [0.3, 0.4) is 0 Å². The number of rotatable bonds is 3. The van der Waals surface area contributed by atoms with E-state index < -0.39 is 5.97 Å². The molecule has 0 saturated heterocycles. The largest absolute Gasteiger partial charge is 0.461 e. The normalized spacial score (nSPS) is 10.4. The highest BCUT2D eigenvalue weighted by Crippen LogP contribution is 2.24. The number of pyridine rings is 1. The van der Waals surface area contributed by atoms with E-state index in [4.69, 9.17) is 15.7 Å². The Labute approximate surface area is 131 Å². The van der Waals surface area contributed by atoms with Crippen LogP contribution in [-0.2, 0) is 4.74 Å². The van der Waals surface area contributed by atoms with Crippen molar-refractivity contribution in [2.45, 2.75) is 6.92 Å². The molecule has 2 N–H and O–H groups in total. The van der Waals surface area contributed by atoms with Gasteiger partial charge in [-0.3, -0.25) is 0 Å². The van der Waals surface area contributed by atoms with E-state index in [1.807, 2.05) is 36.4 Å². The van der Waals surface area contributed by atoms with E-state index >= 15 is 0 Å². The van der Waals surface area contributed by atoms with Crippen molar-refractivity contribution >= 4 is 22.8 Å². The van der Waals surface area contributed by atoms with Gasteiger partial charge in [-0.15, -0.1) is 0 Å². The molecule has 0 amide bonds. The third-order valence-corrected chi connectivity index (χ3v) is 3.28. The maximum atomic E-state index is 12.1. The molecule has 1 aromatic carbocycles. The van der Waals surface area contributed by atoms with Gasteiger partial charge in [-0.05, 0) is 25.1 Å². The van der Waals surface area contributed by atoms with Crippen LogP contribution in [-0.4, -0.2) is 27.3 Å². The van der Waals surface area contributed by atoms with Gasteiger partial charge in [-0.1, -0.05) is 18.2 Å². The number of nitrogens with two attached hydrogens (primary N) is 1. The van der Waals surface area contributed by atoms with Crippen molar-refractivity contribution < 1.29 is 9.53 Å². The zero-order valence-electron chi connectivity index (χ0n) is 12.4. The Bertz CT molecular complexity index is 925. The fourth-order valence-corrected chi connectivity index (χ4v) is 2.24. The summed E-state index contributed by atoms with van der Waals surface area (Å²) in [7, 11) is 0. The van der Waals surface area contributed by atoms with Crippen molar-refractivity contribution in [1.82, 2.24) is 14.8 Å². The predicted octanol–water partition coefficient (Wildman–Crippen LogP) is 2.05. The molecule has 0 aliphatic rings. The number of hydrogen-bond donors (Lipinski definition) is 1. The number of para-hydroxylation sites is 1. The molecule has 114 valence electrons. The lowest BCUT2D eigenvalue weighted by Gasteiger charge is -2.03. The fourth-order valence-electron chi connectivity index (χ4n) is 2.24. The molecule has 0 aliphatic heterocycles. The van der Waals surface area contributed by atoms with E-state index in [1.165, 1.54) is 10.7 Å². The van der Waals surface area contributed by atoms with Crippen LogP contribution in [0.4, 0.5) is 5.82 Å². The zero-order valence-corrected chi connectivity index (χ0v) is 12.4. The van der Waals surface area contributed by atoms with E-state index in [1.54, 1.807) is 6.92 Å². The Kier molecular flexibility index (Phi) is 3.65. The molecule has 0 unspecified atom stereocenters. The number of carbonyl (C=O) groups is 1. The van der Waals surface area contributed by atoms with E-state index in [-0.39, 0.29) is 23.7 Å². The molecule has 2 heterocycles. The number of hydrogen-bond acceptors (Lipinski definition) is 6. The quantitative estimate of drug-likeness (QED) is 0.742. The van der Waals surface area contributed by atoms with Crippen LogP contribution >= 0.6 is 0 Å². The van der Waals surface area contributed by atoms with Gasteiger partial charge in [-0.2, -0.15) is 10.4 Å². The number of nitrogen functional groups attached to an aromatic ring is 1. The summed E-state index contributed by atoms with van der Waals surface area (Å²) >= 11 is 0. The fraction of sp³-hybridized carbons (Fsp3) is 0.125. The molecule has 3 rings (SSSR count). The maximum Gasteiger partial charge on any atom is 0.359 e. The lowest BCUT2D eigenvalue weighted by molar-refractivity contribution is 0.0521. The number of aromatic nitrogens is 3. The van der Waals surface area contributed by atoms with Gasteiger partial charge in [0, 0.05) is 0 Å². The summed E-state index contributed by atoms with van der Waals surface area (Å²) in [5.41, 5.74) is 7.22. The van der Waals surface area contributed by atoms with Crippen LogP contribution in [0.2, 0.25) is 0 Å². The van der Waals surface area contributed by atoms with Crippen molar-refractivity contribution in [3.8, 4) is 11.8 Å². The number of nitriles is 1. The molecule has 7 nitrogen and oxygen atoms in total. The molecule has 7 heteroatoms. The zero-order chi connectivity index (χ0) is 16.4. The van der Waals surface area contributed by atoms with Gasteiger partial charge in [0.2, 0.25) is 0 Å². The van der Waals surface area contributed by atoms with E-state index in [0.29, 0.717) is 11.0 Å². The van der Waals surface area contributed by atoms with E-state index in [2.05, 4.69) is 10.1 Å². The summed E-state index contributed by atoms with van der Waals surface area (Å²) in [5, 5.41) is 13.9. The lowest BCUT2D eigenvalue weighted by atomic mass is 10.2. The van der Waals surface area contributed by atoms with E-state index in [9.17, 15) is 4.79 Å². The van der Waals surface area contributed by atoms with Crippen LogP contribution in [0, 0.1) is 11.3 Å². The van der Waals surface area contributed by atoms with Crippen LogP contribution < -0.4 is 5.73 Å². The van der Waals surface area contributed by atoms with Crippen LogP contribution in [0.5, 0.6) is 0 Å². The summed E-state index contributed by atoms with van der Waals surface area (Å²) in [6.07, 6.45) is 0. The number of nitrogens with zero attached hydrogens (tertiary/aromatic N) is 4. The van der Waals surface area contributed by atoms with Crippen LogP contribution in [0.1, 0.15) is 23.0 Å². The first-order chi connectivity index (χ1) is 11.2. The Morgan fingerprint density at radius 3 is 2.78 bits per heavy atom. The molecule has 0 fully saturated rings. The number of anilines is 1. The minimum absolute atomic E-state index is 0.0903. The second-order valence-corrected chi connectivity index (χ2v) is 4.72. The molecule has 0 radical (unpaired) electrons. The van der Waals surface area contributed by atoms with Crippen molar-refractivity contribution in [2.75, 3.05) is 12.3 Å². The lowest BCUT2D eigenvalue weighted by Crippen LogP contribution is -2.07. The standard InChI is InChI=1S/C16H13N5O2/c1-2-23-16(22)13-12-8-10(9-17)14(18)19-15(12)21(20-13)11-6-4-3-5-7-11/h3-8H,2H2,1H3,(H2,18,19). The Hall–Kier alpha value is -3.40. The third kappa shape index (κ3) is 2.46. The van der Waals surface area contributed by atoms with Gasteiger partial charge in [0.05, 0.1) is 23.2 Å². The Balaban J connectivity index is 2.32. The topological polar surface area (TPSA) is 107 Å². The number of carbonyl (C=O) groups excluding carboxylic acids is 1. The number of benzene rings is 1. The Morgan fingerprint density at radius 2 is 2.13 bits per heavy atom. The molecule has 0 atom stereocenters. The average molecular weight is 307 g/mol. The molecule has 2 aromatic heterocycles. The second-order valence-electron chi connectivity index (χ2n) is 4.72. The second kappa shape index (κ2) is 5.77. The van der Waals surface area contributed by atoms with Crippen LogP contribution in [0.15, 0.2) is 36.4 Å². The highest BCUT2D eigenvalue weighted by Gasteiger charge is 2.21. The number of fused-ring (bicyclic) bond motifs is 1. The highest BCUT2D eigenvalue weighted by atomic mass is 16.5. The Morgan fingerprint density at radius 1 is 1.39 bits per heavy atom. The molecule has 0 aliphatic carbocycles. The molecule has 23 heavy (non-hydrogen) atoms. The summed E-state index contributed by atoms with van der Waals surface area (Å²) in [4.78, 5) is 16.4. The number of esters is 1. The first-order valence-corrected chi connectivity index (χ1v) is 6.97. The van der Waals surface area contributed by atoms with Crippen molar-refractivity contribution in [1.29, 1.82) is 5.26 Å². The summed E-state index contributed by atoms with van der Waals surface area (Å²) < 4.78 is 6.55.